The second-order valence-electron chi connectivity index (χ2n) is 9.67. The molecule has 0 aliphatic carbocycles. The highest BCUT2D eigenvalue weighted by atomic mass is 16.5. The smallest absolute Gasteiger partial charge is 0.258 e. The Morgan fingerprint density at radius 1 is 1.05 bits per heavy atom. The number of anilines is 1. The molecule has 190 valence electrons. The van der Waals surface area contributed by atoms with Crippen LogP contribution < -0.4 is 20.5 Å². The van der Waals surface area contributed by atoms with Gasteiger partial charge in [0, 0.05) is 42.2 Å². The van der Waals surface area contributed by atoms with Crippen LogP contribution in [0.25, 0.3) is 21.9 Å². The third-order valence-electron chi connectivity index (χ3n) is 6.70. The number of nitrogens with zero attached hydrogens (tertiary/aromatic N) is 3. The van der Waals surface area contributed by atoms with Crippen molar-refractivity contribution in [3.05, 3.63) is 76.2 Å². The van der Waals surface area contributed by atoms with Gasteiger partial charge in [0.25, 0.3) is 5.56 Å². The van der Waals surface area contributed by atoms with Crippen LogP contribution in [0.1, 0.15) is 25.0 Å². The molecule has 8 nitrogen and oxygen atoms in total. The first-order valence-corrected chi connectivity index (χ1v) is 12.4. The van der Waals surface area contributed by atoms with Gasteiger partial charge in [0.2, 0.25) is 5.88 Å². The summed E-state index contributed by atoms with van der Waals surface area (Å²) >= 11 is 0. The van der Waals surface area contributed by atoms with E-state index in [0.717, 1.165) is 41.3 Å². The Bertz CT molecular complexity index is 1520. The van der Waals surface area contributed by atoms with Crippen molar-refractivity contribution in [1.29, 1.82) is 0 Å². The van der Waals surface area contributed by atoms with Gasteiger partial charge < -0.3 is 20.1 Å². The predicted molar refractivity (Wildman–Crippen MR) is 149 cm³/mol. The first-order valence-electron chi connectivity index (χ1n) is 12.4. The summed E-state index contributed by atoms with van der Waals surface area (Å²) in [6, 6.07) is 16.0. The van der Waals surface area contributed by atoms with E-state index >= 15 is 0 Å². The molecule has 2 atom stereocenters. The largest absolute Gasteiger partial charge is 0.497 e. The molecule has 1 aliphatic rings. The first-order chi connectivity index (χ1) is 17.8. The zero-order valence-electron chi connectivity index (χ0n) is 21.4. The van der Waals surface area contributed by atoms with Crippen LogP contribution in [0, 0.1) is 6.92 Å². The summed E-state index contributed by atoms with van der Waals surface area (Å²) in [7, 11) is 1.63. The number of pyridine rings is 2. The number of aromatic hydroxyl groups is 1. The lowest BCUT2D eigenvalue weighted by Crippen LogP contribution is -2.54. The van der Waals surface area contributed by atoms with Gasteiger partial charge in [-0.25, -0.2) is 4.98 Å². The Morgan fingerprint density at radius 3 is 2.43 bits per heavy atom. The van der Waals surface area contributed by atoms with Crippen molar-refractivity contribution in [1.82, 2.24) is 15.3 Å². The van der Waals surface area contributed by atoms with E-state index in [-0.39, 0.29) is 11.4 Å². The first kappa shape index (κ1) is 24.5. The van der Waals surface area contributed by atoms with Crippen molar-refractivity contribution in [2.45, 2.75) is 32.9 Å². The number of aryl methyl sites for hydroxylation is 1. The van der Waals surface area contributed by atoms with Gasteiger partial charge in [-0.2, -0.15) is 0 Å². The maximum Gasteiger partial charge on any atom is 0.258 e. The second kappa shape index (κ2) is 10.1. The van der Waals surface area contributed by atoms with Gasteiger partial charge in [0.1, 0.15) is 11.6 Å². The van der Waals surface area contributed by atoms with Crippen LogP contribution in [0.4, 0.5) is 11.5 Å². The molecule has 3 N–H and O–H groups in total. The fraction of sp³-hybridized carbons (Fsp3) is 0.276. The molecule has 2 aromatic carbocycles. The minimum absolute atomic E-state index is 0.224. The molecule has 5 rings (SSSR count). The maximum absolute atomic E-state index is 12.5. The lowest BCUT2D eigenvalue weighted by Gasteiger charge is -2.37. The van der Waals surface area contributed by atoms with Gasteiger partial charge in [-0.1, -0.05) is 18.2 Å². The number of piperazine rings is 1. The number of ether oxygens (including phenoxy) is 1. The summed E-state index contributed by atoms with van der Waals surface area (Å²) in [6.07, 6.45) is 3.32. The minimum atomic E-state index is -0.354. The Labute approximate surface area is 215 Å². The number of fused-ring (bicyclic) bond motifs is 1. The van der Waals surface area contributed by atoms with Crippen molar-refractivity contribution >= 4 is 28.5 Å². The van der Waals surface area contributed by atoms with Crippen LogP contribution in [0.15, 0.2) is 64.5 Å². The van der Waals surface area contributed by atoms with Gasteiger partial charge in [0.05, 0.1) is 24.6 Å². The molecule has 37 heavy (non-hydrogen) atoms. The van der Waals surface area contributed by atoms with Gasteiger partial charge in [-0.15, -0.1) is 0 Å². The summed E-state index contributed by atoms with van der Waals surface area (Å²) in [6.45, 7) is 8.19. The molecule has 0 spiro atoms. The molecule has 1 fully saturated rings. The molecule has 3 heterocycles. The highest BCUT2D eigenvalue weighted by Crippen LogP contribution is 2.29. The molecule has 1 saturated heterocycles. The van der Waals surface area contributed by atoms with E-state index in [1.54, 1.807) is 25.6 Å². The summed E-state index contributed by atoms with van der Waals surface area (Å²) in [5.41, 5.74) is 3.67. The second-order valence-corrected chi connectivity index (χ2v) is 9.67. The van der Waals surface area contributed by atoms with E-state index in [0.29, 0.717) is 34.1 Å². The molecular weight excluding hydrogens is 466 g/mol. The monoisotopic (exact) mass is 497 g/mol. The standard InChI is InChI=1S/C29H31N5O3/c1-17-11-22(13-31-27(17)34-15-18(2)32-19(3)16-34)30-14-26-25-12-21(20-5-8-23(37-4)9-6-20)7-10-24(25)28(35)33-29(26)36/h5-14,18-19,32H,15-16H2,1-4H3,(H2,33,35,36)/t18-,19+. The van der Waals surface area contributed by atoms with Crippen LogP contribution in [0.2, 0.25) is 0 Å². The average molecular weight is 498 g/mol. The van der Waals surface area contributed by atoms with Crippen molar-refractivity contribution in [3.8, 4) is 22.8 Å². The summed E-state index contributed by atoms with van der Waals surface area (Å²) in [5.74, 6) is 1.50. The molecule has 0 unspecified atom stereocenters. The van der Waals surface area contributed by atoms with Crippen LogP contribution >= 0.6 is 0 Å². The number of aliphatic imine (C=N–C) groups is 1. The van der Waals surface area contributed by atoms with Gasteiger partial charge in [0.15, 0.2) is 0 Å². The molecule has 4 aromatic rings. The Hall–Kier alpha value is -4.17. The fourth-order valence-electron chi connectivity index (χ4n) is 5.02. The van der Waals surface area contributed by atoms with Crippen molar-refractivity contribution < 1.29 is 9.84 Å². The Balaban J connectivity index is 1.49. The predicted octanol–water partition coefficient (Wildman–Crippen LogP) is 4.55. The van der Waals surface area contributed by atoms with Crippen LogP contribution in [-0.2, 0) is 0 Å². The zero-order valence-corrected chi connectivity index (χ0v) is 21.4. The maximum atomic E-state index is 12.5. The summed E-state index contributed by atoms with van der Waals surface area (Å²) < 4.78 is 5.25. The number of aromatic nitrogens is 2. The van der Waals surface area contributed by atoms with Crippen LogP contribution in [0.3, 0.4) is 0 Å². The van der Waals surface area contributed by atoms with Gasteiger partial charge >= 0.3 is 0 Å². The number of hydrogen-bond acceptors (Lipinski definition) is 7. The zero-order chi connectivity index (χ0) is 26.1. The van der Waals surface area contributed by atoms with E-state index in [4.69, 9.17) is 9.72 Å². The van der Waals surface area contributed by atoms with Gasteiger partial charge in [-0.3, -0.25) is 14.8 Å². The Kier molecular flexibility index (Phi) is 6.67. The highest BCUT2D eigenvalue weighted by molar-refractivity contribution is 6.03. The normalized spacial score (nSPS) is 18.0. The number of rotatable bonds is 5. The summed E-state index contributed by atoms with van der Waals surface area (Å²) in [4.78, 5) is 26.7. The quantitative estimate of drug-likeness (QED) is 0.350. The number of methoxy groups -OCH3 is 1. The SMILES string of the molecule is COc1ccc(-c2ccc3c(=O)[nH]c(O)c(C=Nc4cnc(N5C[C@@H](C)N[C@@H](C)C5)c(C)c4)c3c2)cc1. The molecule has 1 aliphatic heterocycles. The van der Waals surface area contributed by atoms with E-state index in [2.05, 4.69) is 34.0 Å². The summed E-state index contributed by atoms with van der Waals surface area (Å²) in [5, 5.41) is 15.3. The molecular formula is C29H31N5O3. The van der Waals surface area contributed by atoms with Crippen molar-refractivity contribution in [3.63, 3.8) is 0 Å². The minimum Gasteiger partial charge on any atom is -0.497 e. The van der Waals surface area contributed by atoms with Crippen LogP contribution in [0.5, 0.6) is 11.6 Å². The number of benzene rings is 2. The van der Waals surface area contributed by atoms with Crippen molar-refractivity contribution in [2.24, 2.45) is 4.99 Å². The number of nitrogens with one attached hydrogen (secondary N) is 2. The van der Waals surface area contributed by atoms with Crippen molar-refractivity contribution in [2.75, 3.05) is 25.1 Å². The number of H-pyrrole nitrogens is 1. The molecule has 8 heteroatoms. The van der Waals surface area contributed by atoms with E-state index in [1.807, 2.05) is 49.4 Å². The Morgan fingerprint density at radius 2 is 1.76 bits per heavy atom. The number of hydrogen-bond donors (Lipinski definition) is 3. The van der Waals surface area contributed by atoms with E-state index < -0.39 is 0 Å². The van der Waals surface area contributed by atoms with Gasteiger partial charge in [-0.05, 0) is 67.8 Å². The van der Waals surface area contributed by atoms with E-state index in [1.165, 1.54) is 0 Å². The highest BCUT2D eigenvalue weighted by Gasteiger charge is 2.23. The van der Waals surface area contributed by atoms with Crippen LogP contribution in [-0.4, -0.2) is 53.6 Å². The molecule has 2 aromatic heterocycles. The topological polar surface area (TPSA) is 103 Å². The van der Waals surface area contributed by atoms with E-state index in [9.17, 15) is 9.90 Å². The third-order valence-corrected chi connectivity index (χ3v) is 6.70. The number of aromatic amines is 1. The molecule has 0 radical (unpaired) electrons. The third kappa shape index (κ3) is 5.06. The average Bonchev–Trinajstić information content (AvgIpc) is 2.87. The molecule has 0 amide bonds. The lowest BCUT2D eigenvalue weighted by atomic mass is 9.99. The fourth-order valence-corrected chi connectivity index (χ4v) is 5.02. The molecule has 0 saturated carbocycles. The molecule has 0 bridgehead atoms. The lowest BCUT2D eigenvalue weighted by molar-refractivity contribution is 0.405.